The van der Waals surface area contributed by atoms with Gasteiger partial charge in [0.15, 0.2) is 5.13 Å². The van der Waals surface area contributed by atoms with Crippen molar-refractivity contribution < 1.29 is 4.79 Å². The first-order valence-corrected chi connectivity index (χ1v) is 8.46. The van der Waals surface area contributed by atoms with Crippen molar-refractivity contribution >= 4 is 22.4 Å². The van der Waals surface area contributed by atoms with Gasteiger partial charge in [0.05, 0.1) is 5.69 Å². The molecule has 5 heteroatoms. The molecule has 2 aromatic rings. The van der Waals surface area contributed by atoms with Crippen LogP contribution in [-0.2, 0) is 0 Å². The van der Waals surface area contributed by atoms with Crippen LogP contribution >= 0.6 is 11.3 Å². The van der Waals surface area contributed by atoms with E-state index in [1.54, 1.807) is 11.3 Å². The van der Waals surface area contributed by atoms with Crippen LogP contribution in [0.3, 0.4) is 0 Å². The second kappa shape index (κ2) is 6.08. The lowest BCUT2D eigenvalue weighted by Crippen LogP contribution is -2.49. The van der Waals surface area contributed by atoms with Crippen LogP contribution in [0.4, 0.5) is 5.13 Å². The summed E-state index contributed by atoms with van der Waals surface area (Å²) in [6.45, 7) is 9.25. The van der Waals surface area contributed by atoms with Gasteiger partial charge in [0.25, 0.3) is 5.91 Å². The zero-order valence-electron chi connectivity index (χ0n) is 13.3. The maximum absolute atomic E-state index is 12.7. The minimum Gasteiger partial charge on any atom is -0.345 e. The molecule has 1 aromatic heterocycles. The third-order valence-corrected chi connectivity index (χ3v) is 5.09. The summed E-state index contributed by atoms with van der Waals surface area (Å²) in [6.07, 6.45) is 0. The van der Waals surface area contributed by atoms with Gasteiger partial charge < -0.3 is 9.80 Å². The number of carbonyl (C=O) groups is 1. The number of thiazole rings is 1. The number of rotatable bonds is 2. The molecule has 22 heavy (non-hydrogen) atoms. The third kappa shape index (κ3) is 2.99. The van der Waals surface area contributed by atoms with E-state index >= 15 is 0 Å². The number of hydrogen-bond acceptors (Lipinski definition) is 4. The second-order valence-corrected chi connectivity index (χ2v) is 6.71. The van der Waals surface area contributed by atoms with Crippen LogP contribution in [-0.4, -0.2) is 42.0 Å². The number of aromatic nitrogens is 1. The fraction of sp³-hybridized carbons (Fsp3) is 0.412. The Morgan fingerprint density at radius 2 is 1.86 bits per heavy atom. The normalized spacial score (nSPS) is 15.2. The minimum atomic E-state index is 0.149. The van der Waals surface area contributed by atoms with Crippen LogP contribution in [0.15, 0.2) is 23.6 Å². The average molecular weight is 315 g/mol. The van der Waals surface area contributed by atoms with Gasteiger partial charge >= 0.3 is 0 Å². The Bertz CT molecular complexity index is 687. The maximum Gasteiger partial charge on any atom is 0.254 e. The third-order valence-electron chi connectivity index (χ3n) is 4.07. The van der Waals surface area contributed by atoms with E-state index in [-0.39, 0.29) is 5.91 Å². The molecular weight excluding hydrogens is 294 g/mol. The van der Waals surface area contributed by atoms with E-state index in [9.17, 15) is 4.79 Å². The standard InChI is InChI=1S/C17H21N3OS/c1-12-4-5-13(2)15(10-12)16(21)19-6-8-20(9-7-19)17-18-14(3)11-22-17/h4-5,10-11H,6-9H2,1-3H3. The van der Waals surface area contributed by atoms with Crippen molar-refractivity contribution in [2.45, 2.75) is 20.8 Å². The van der Waals surface area contributed by atoms with E-state index in [1.807, 2.05) is 37.8 Å². The maximum atomic E-state index is 12.7. The molecule has 0 bridgehead atoms. The van der Waals surface area contributed by atoms with Crippen molar-refractivity contribution in [1.82, 2.24) is 9.88 Å². The quantitative estimate of drug-likeness (QED) is 0.855. The van der Waals surface area contributed by atoms with Gasteiger partial charge in [-0.2, -0.15) is 0 Å². The topological polar surface area (TPSA) is 36.4 Å². The number of nitrogens with zero attached hydrogens (tertiary/aromatic N) is 3. The monoisotopic (exact) mass is 315 g/mol. The van der Waals surface area contributed by atoms with Crippen molar-refractivity contribution in [2.24, 2.45) is 0 Å². The van der Waals surface area contributed by atoms with E-state index in [2.05, 4.69) is 21.3 Å². The van der Waals surface area contributed by atoms with Gasteiger partial charge in [-0.05, 0) is 32.4 Å². The predicted octanol–water partition coefficient (Wildman–Crippen LogP) is 3.03. The van der Waals surface area contributed by atoms with Crippen molar-refractivity contribution in [2.75, 3.05) is 31.1 Å². The van der Waals surface area contributed by atoms with Gasteiger partial charge in [0, 0.05) is 37.1 Å². The van der Waals surface area contributed by atoms with Crippen molar-refractivity contribution in [3.63, 3.8) is 0 Å². The SMILES string of the molecule is Cc1ccc(C)c(C(=O)N2CCN(c3nc(C)cs3)CC2)c1. The Labute approximate surface area is 135 Å². The molecule has 0 aliphatic carbocycles. The van der Waals surface area contributed by atoms with Gasteiger partial charge in [-0.1, -0.05) is 17.7 Å². The van der Waals surface area contributed by atoms with Crippen LogP contribution < -0.4 is 4.90 Å². The lowest BCUT2D eigenvalue weighted by molar-refractivity contribution is 0.0746. The molecule has 2 heterocycles. The molecule has 0 radical (unpaired) electrons. The Morgan fingerprint density at radius 3 is 2.50 bits per heavy atom. The molecule has 0 spiro atoms. The van der Waals surface area contributed by atoms with Gasteiger partial charge in [0.1, 0.15) is 0 Å². The van der Waals surface area contributed by atoms with Gasteiger partial charge in [-0.15, -0.1) is 11.3 Å². The number of amides is 1. The summed E-state index contributed by atoms with van der Waals surface area (Å²) in [5.41, 5.74) is 4.08. The summed E-state index contributed by atoms with van der Waals surface area (Å²) < 4.78 is 0. The number of piperazine rings is 1. The summed E-state index contributed by atoms with van der Waals surface area (Å²) in [7, 11) is 0. The van der Waals surface area contributed by atoms with Gasteiger partial charge in [-0.25, -0.2) is 4.98 Å². The van der Waals surface area contributed by atoms with Crippen molar-refractivity contribution in [3.8, 4) is 0 Å². The first kappa shape index (κ1) is 15.0. The van der Waals surface area contributed by atoms with E-state index in [4.69, 9.17) is 0 Å². The molecule has 0 unspecified atom stereocenters. The molecule has 0 saturated carbocycles. The van der Waals surface area contributed by atoms with Crippen molar-refractivity contribution in [1.29, 1.82) is 0 Å². The fourth-order valence-electron chi connectivity index (χ4n) is 2.72. The van der Waals surface area contributed by atoms with Crippen molar-refractivity contribution in [3.05, 3.63) is 46.0 Å². The Balaban J connectivity index is 1.68. The van der Waals surface area contributed by atoms with Crippen LogP contribution in [0, 0.1) is 20.8 Å². The zero-order chi connectivity index (χ0) is 15.7. The molecule has 3 rings (SSSR count). The summed E-state index contributed by atoms with van der Waals surface area (Å²) in [6, 6.07) is 6.07. The molecule has 116 valence electrons. The first-order chi connectivity index (χ1) is 10.5. The molecule has 1 aliphatic rings. The lowest BCUT2D eigenvalue weighted by Gasteiger charge is -2.34. The van der Waals surface area contributed by atoms with E-state index < -0.39 is 0 Å². The Hall–Kier alpha value is -1.88. The zero-order valence-corrected chi connectivity index (χ0v) is 14.1. The summed E-state index contributed by atoms with van der Waals surface area (Å²) in [5, 5.41) is 3.14. The highest BCUT2D eigenvalue weighted by Gasteiger charge is 2.24. The molecule has 1 fully saturated rings. The highest BCUT2D eigenvalue weighted by atomic mass is 32.1. The highest BCUT2D eigenvalue weighted by Crippen LogP contribution is 2.22. The number of anilines is 1. The number of carbonyl (C=O) groups excluding carboxylic acids is 1. The highest BCUT2D eigenvalue weighted by molar-refractivity contribution is 7.13. The molecule has 1 amide bonds. The first-order valence-electron chi connectivity index (χ1n) is 7.58. The predicted molar refractivity (Wildman–Crippen MR) is 90.9 cm³/mol. The molecule has 1 aromatic carbocycles. The molecule has 0 atom stereocenters. The molecule has 0 N–H and O–H groups in total. The molecule has 1 saturated heterocycles. The minimum absolute atomic E-state index is 0.149. The lowest BCUT2D eigenvalue weighted by atomic mass is 10.0. The Kier molecular flexibility index (Phi) is 4.16. The van der Waals surface area contributed by atoms with Crippen LogP contribution in [0.25, 0.3) is 0 Å². The number of hydrogen-bond donors (Lipinski definition) is 0. The van der Waals surface area contributed by atoms with E-state index in [0.29, 0.717) is 0 Å². The van der Waals surface area contributed by atoms with Crippen LogP contribution in [0.2, 0.25) is 0 Å². The van der Waals surface area contributed by atoms with Crippen LogP contribution in [0.1, 0.15) is 27.2 Å². The number of aryl methyl sites for hydroxylation is 3. The van der Waals surface area contributed by atoms with Gasteiger partial charge in [0.2, 0.25) is 0 Å². The number of benzene rings is 1. The summed E-state index contributed by atoms with van der Waals surface area (Å²) in [4.78, 5) is 21.5. The largest absolute Gasteiger partial charge is 0.345 e. The Morgan fingerprint density at radius 1 is 1.14 bits per heavy atom. The fourth-order valence-corrected chi connectivity index (χ4v) is 3.58. The smallest absolute Gasteiger partial charge is 0.254 e. The van der Waals surface area contributed by atoms with Crippen LogP contribution in [0.5, 0.6) is 0 Å². The van der Waals surface area contributed by atoms with E-state index in [1.165, 1.54) is 0 Å². The van der Waals surface area contributed by atoms with E-state index in [0.717, 1.165) is 53.7 Å². The molecular formula is C17H21N3OS. The second-order valence-electron chi connectivity index (χ2n) is 5.87. The molecule has 1 aliphatic heterocycles. The summed E-state index contributed by atoms with van der Waals surface area (Å²) in [5.74, 6) is 0.149. The molecule has 4 nitrogen and oxygen atoms in total. The van der Waals surface area contributed by atoms with Gasteiger partial charge in [-0.3, -0.25) is 4.79 Å². The summed E-state index contributed by atoms with van der Waals surface area (Å²) >= 11 is 1.68. The average Bonchev–Trinajstić information content (AvgIpc) is 2.96.